The Hall–Kier alpha value is -2.77. The van der Waals surface area contributed by atoms with Crippen LogP contribution in [0.2, 0.25) is 10.0 Å². The lowest BCUT2D eigenvalue weighted by Crippen LogP contribution is -2.35. The van der Waals surface area contributed by atoms with E-state index in [9.17, 15) is 14.4 Å². The predicted octanol–water partition coefficient (Wildman–Crippen LogP) is 4.12. The Morgan fingerprint density at radius 3 is 1.97 bits per heavy atom. The number of ether oxygens (including phenoxy) is 2. The summed E-state index contributed by atoms with van der Waals surface area (Å²) in [6.45, 7) is 2.35. The van der Waals surface area contributed by atoms with Gasteiger partial charge in [-0.3, -0.25) is 4.79 Å². The molecule has 2 atom stereocenters. The third-order valence-electron chi connectivity index (χ3n) is 5.87. The molecule has 2 aromatic carbocycles. The smallest absolute Gasteiger partial charge is 0.410 e. The van der Waals surface area contributed by atoms with E-state index in [4.69, 9.17) is 27.9 Å². The number of amides is 2. The number of hydrogen-bond donors (Lipinski definition) is 0. The zero-order chi connectivity index (χ0) is 22.8. The molecule has 7 nitrogen and oxygen atoms in total. The van der Waals surface area contributed by atoms with Crippen LogP contribution in [0.5, 0.6) is 0 Å². The molecule has 0 spiro atoms. The number of benzene rings is 2. The number of hydrogen-bond acceptors (Lipinski definition) is 5. The highest BCUT2D eigenvalue weighted by Gasteiger charge is 2.43. The zero-order valence-corrected chi connectivity index (χ0v) is 18.9. The standard InChI is InChI=1S/C23H22Cl2N2O5/c1-31-22(29)16-4-2-15(3-5-16)21(28)26-9-17-11-27(12-18(17)10-26)23(30)32-13-14-6-19(24)8-20(25)7-14/h2-8,17-18H,9-13H2,1H3/t17-,18-/m0/s1. The van der Waals surface area contributed by atoms with Crippen LogP contribution in [-0.4, -0.2) is 61.1 Å². The summed E-state index contributed by atoms with van der Waals surface area (Å²) in [6, 6.07) is 11.5. The number of carbonyl (C=O) groups excluding carboxylic acids is 3. The van der Waals surface area contributed by atoms with Crippen LogP contribution >= 0.6 is 23.2 Å². The molecule has 2 aliphatic rings. The third-order valence-corrected chi connectivity index (χ3v) is 6.31. The summed E-state index contributed by atoms with van der Waals surface area (Å²) in [5, 5.41) is 0.980. The number of nitrogens with zero attached hydrogens (tertiary/aromatic N) is 2. The molecule has 0 saturated carbocycles. The van der Waals surface area contributed by atoms with Gasteiger partial charge in [0.15, 0.2) is 0 Å². The Kier molecular flexibility index (Phi) is 6.58. The van der Waals surface area contributed by atoms with Crippen molar-refractivity contribution < 1.29 is 23.9 Å². The van der Waals surface area contributed by atoms with E-state index in [1.807, 2.05) is 0 Å². The minimum Gasteiger partial charge on any atom is -0.465 e. The number of rotatable bonds is 4. The van der Waals surface area contributed by atoms with E-state index >= 15 is 0 Å². The van der Waals surface area contributed by atoms with Gasteiger partial charge in [0.25, 0.3) is 5.91 Å². The number of methoxy groups -OCH3 is 1. The van der Waals surface area contributed by atoms with Crippen molar-refractivity contribution in [3.8, 4) is 0 Å². The van der Waals surface area contributed by atoms with Crippen LogP contribution in [0, 0.1) is 11.8 Å². The maximum Gasteiger partial charge on any atom is 0.410 e. The van der Waals surface area contributed by atoms with Gasteiger partial charge in [0, 0.05) is 53.6 Å². The Morgan fingerprint density at radius 1 is 0.875 bits per heavy atom. The summed E-state index contributed by atoms with van der Waals surface area (Å²) in [5.74, 6) is -0.101. The highest BCUT2D eigenvalue weighted by atomic mass is 35.5. The molecule has 2 fully saturated rings. The van der Waals surface area contributed by atoms with Crippen LogP contribution in [0.25, 0.3) is 0 Å². The number of halogens is 2. The topological polar surface area (TPSA) is 76.2 Å². The first kappa shape index (κ1) is 22.4. The van der Waals surface area contributed by atoms with Gasteiger partial charge in [-0.2, -0.15) is 0 Å². The molecular formula is C23H22Cl2N2O5. The molecule has 2 saturated heterocycles. The van der Waals surface area contributed by atoms with Gasteiger partial charge in [0.05, 0.1) is 12.7 Å². The summed E-state index contributed by atoms with van der Waals surface area (Å²) in [4.78, 5) is 40.4. The minimum absolute atomic E-state index is 0.0808. The fourth-order valence-corrected chi connectivity index (χ4v) is 4.86. The van der Waals surface area contributed by atoms with Gasteiger partial charge in [0.2, 0.25) is 0 Å². The van der Waals surface area contributed by atoms with Crippen molar-refractivity contribution in [2.45, 2.75) is 6.61 Å². The molecule has 0 N–H and O–H groups in total. The second-order valence-corrected chi connectivity index (χ2v) is 8.91. The fraction of sp³-hybridized carbons (Fsp3) is 0.348. The van der Waals surface area contributed by atoms with E-state index in [-0.39, 0.29) is 30.4 Å². The predicted molar refractivity (Wildman–Crippen MR) is 119 cm³/mol. The minimum atomic E-state index is -0.440. The first-order valence-electron chi connectivity index (χ1n) is 10.2. The van der Waals surface area contributed by atoms with Crippen LogP contribution in [0.1, 0.15) is 26.3 Å². The molecule has 0 bridgehead atoms. The maximum absolute atomic E-state index is 12.8. The van der Waals surface area contributed by atoms with Gasteiger partial charge in [0.1, 0.15) is 6.61 Å². The van der Waals surface area contributed by atoms with Gasteiger partial charge < -0.3 is 19.3 Å². The van der Waals surface area contributed by atoms with Gasteiger partial charge in [-0.1, -0.05) is 23.2 Å². The normalized spacial score (nSPS) is 19.6. The molecule has 0 aromatic heterocycles. The molecule has 32 heavy (non-hydrogen) atoms. The Morgan fingerprint density at radius 2 is 1.41 bits per heavy atom. The van der Waals surface area contributed by atoms with Crippen LogP contribution in [0.3, 0.4) is 0 Å². The first-order valence-corrected chi connectivity index (χ1v) is 10.9. The molecule has 4 rings (SSSR count). The molecule has 0 radical (unpaired) electrons. The molecule has 2 aliphatic heterocycles. The number of carbonyl (C=O) groups is 3. The fourth-order valence-electron chi connectivity index (χ4n) is 4.29. The lowest BCUT2D eigenvalue weighted by atomic mass is 10.0. The van der Waals surface area contributed by atoms with Crippen molar-refractivity contribution in [2.75, 3.05) is 33.3 Å². The molecule has 2 heterocycles. The summed E-state index contributed by atoms with van der Waals surface area (Å²) in [5.41, 5.74) is 1.65. The zero-order valence-electron chi connectivity index (χ0n) is 17.4. The summed E-state index contributed by atoms with van der Waals surface area (Å²) in [7, 11) is 1.32. The lowest BCUT2D eigenvalue weighted by molar-refractivity contribution is 0.0599. The van der Waals surface area contributed by atoms with Crippen LogP contribution < -0.4 is 0 Å². The van der Waals surface area contributed by atoms with E-state index in [2.05, 4.69) is 4.74 Å². The van der Waals surface area contributed by atoms with Crippen LogP contribution in [-0.2, 0) is 16.1 Å². The van der Waals surface area contributed by atoms with Crippen LogP contribution in [0.4, 0.5) is 4.79 Å². The molecule has 9 heteroatoms. The molecule has 2 amide bonds. The van der Waals surface area contributed by atoms with Gasteiger partial charge >= 0.3 is 12.1 Å². The highest BCUT2D eigenvalue weighted by molar-refractivity contribution is 6.34. The third kappa shape index (κ3) is 4.84. The number of esters is 1. The van der Waals surface area contributed by atoms with Crippen molar-refractivity contribution in [3.63, 3.8) is 0 Å². The van der Waals surface area contributed by atoms with E-state index in [1.165, 1.54) is 7.11 Å². The second-order valence-electron chi connectivity index (χ2n) is 8.04. The molecule has 0 unspecified atom stereocenters. The van der Waals surface area contributed by atoms with Crippen LogP contribution in [0.15, 0.2) is 42.5 Å². The van der Waals surface area contributed by atoms with Gasteiger partial charge in [-0.15, -0.1) is 0 Å². The van der Waals surface area contributed by atoms with E-state index in [0.29, 0.717) is 47.4 Å². The summed E-state index contributed by atoms with van der Waals surface area (Å²) >= 11 is 12.0. The first-order chi connectivity index (χ1) is 15.3. The van der Waals surface area contributed by atoms with Crippen molar-refractivity contribution in [1.82, 2.24) is 9.80 Å². The number of fused-ring (bicyclic) bond motifs is 1. The summed E-state index contributed by atoms with van der Waals surface area (Å²) < 4.78 is 10.1. The molecular weight excluding hydrogens is 455 g/mol. The molecule has 168 valence electrons. The SMILES string of the molecule is COC(=O)c1ccc(C(=O)N2C[C@H]3CN(C(=O)OCc4cc(Cl)cc(Cl)c4)C[C@@H]3C2)cc1. The van der Waals surface area contributed by atoms with E-state index in [0.717, 1.165) is 5.56 Å². The second kappa shape index (κ2) is 9.38. The largest absolute Gasteiger partial charge is 0.465 e. The average molecular weight is 477 g/mol. The van der Waals surface area contributed by atoms with Crippen molar-refractivity contribution >= 4 is 41.2 Å². The number of likely N-dealkylation sites (tertiary alicyclic amines) is 2. The Balaban J connectivity index is 1.29. The lowest BCUT2D eigenvalue weighted by Gasteiger charge is -2.21. The van der Waals surface area contributed by atoms with E-state index in [1.54, 1.807) is 52.3 Å². The average Bonchev–Trinajstić information content (AvgIpc) is 3.35. The van der Waals surface area contributed by atoms with Crippen molar-refractivity contribution in [3.05, 3.63) is 69.2 Å². The Labute approximate surface area is 195 Å². The quantitative estimate of drug-likeness (QED) is 0.620. The highest BCUT2D eigenvalue weighted by Crippen LogP contribution is 2.32. The Bertz CT molecular complexity index is 1010. The summed E-state index contributed by atoms with van der Waals surface area (Å²) in [6.07, 6.45) is -0.383. The molecule has 0 aliphatic carbocycles. The van der Waals surface area contributed by atoms with Crippen molar-refractivity contribution in [1.29, 1.82) is 0 Å². The van der Waals surface area contributed by atoms with Gasteiger partial charge in [-0.05, 0) is 48.0 Å². The van der Waals surface area contributed by atoms with Gasteiger partial charge in [-0.25, -0.2) is 9.59 Å². The van der Waals surface area contributed by atoms with E-state index < -0.39 is 5.97 Å². The maximum atomic E-state index is 12.8. The monoisotopic (exact) mass is 476 g/mol. The van der Waals surface area contributed by atoms with Crippen molar-refractivity contribution in [2.24, 2.45) is 11.8 Å². The molecule has 2 aromatic rings.